The summed E-state index contributed by atoms with van der Waals surface area (Å²) < 4.78 is 11.1. The lowest BCUT2D eigenvalue weighted by atomic mass is 9.90. The predicted molar refractivity (Wildman–Crippen MR) is 118 cm³/mol. The van der Waals surface area contributed by atoms with Crippen LogP contribution in [0.3, 0.4) is 0 Å². The van der Waals surface area contributed by atoms with Gasteiger partial charge in [-0.05, 0) is 58.8 Å². The Morgan fingerprint density at radius 3 is 2.54 bits per heavy atom. The maximum absolute atomic E-state index is 5.99. The molecule has 2 aromatic carbocycles. The van der Waals surface area contributed by atoms with E-state index in [2.05, 4.69) is 46.7 Å². The van der Waals surface area contributed by atoms with Crippen LogP contribution in [-0.2, 0) is 13.0 Å². The summed E-state index contributed by atoms with van der Waals surface area (Å²) in [6.07, 6.45) is 0.986. The first-order valence-electron chi connectivity index (χ1n) is 9.06. The monoisotopic (exact) mass is 416 g/mol. The van der Waals surface area contributed by atoms with Gasteiger partial charge in [0.05, 0.1) is 20.3 Å². The van der Waals surface area contributed by atoms with Crippen LogP contribution in [-0.4, -0.2) is 25.7 Å². The summed E-state index contributed by atoms with van der Waals surface area (Å²) in [4.78, 5) is 3.86. The molecular weight excluding hydrogens is 392 g/mol. The van der Waals surface area contributed by atoms with E-state index in [1.165, 1.54) is 21.6 Å². The number of halogens is 1. The Balaban J connectivity index is 0.00000225. The number of anilines is 1. The van der Waals surface area contributed by atoms with Crippen LogP contribution < -0.4 is 15.2 Å². The molecule has 0 saturated carbocycles. The summed E-state index contributed by atoms with van der Waals surface area (Å²) in [5.74, 6) is 1.58. The minimum absolute atomic E-state index is 0. The lowest BCUT2D eigenvalue weighted by Gasteiger charge is -2.37. The number of nitrogens with two attached hydrogens (primary N) is 1. The molecule has 0 aliphatic carbocycles. The molecule has 2 heterocycles. The number of hydrogen-bond donors (Lipinski definition) is 1. The van der Waals surface area contributed by atoms with E-state index >= 15 is 0 Å². The van der Waals surface area contributed by atoms with Gasteiger partial charge in [0.15, 0.2) is 11.5 Å². The van der Waals surface area contributed by atoms with Gasteiger partial charge in [-0.25, -0.2) is 0 Å². The van der Waals surface area contributed by atoms with Gasteiger partial charge in [0.1, 0.15) is 0 Å². The number of benzene rings is 2. The summed E-state index contributed by atoms with van der Waals surface area (Å²) in [6.45, 7) is 1.85. The minimum Gasteiger partial charge on any atom is -0.493 e. The molecule has 0 bridgehead atoms. The average molecular weight is 417 g/mol. The minimum atomic E-state index is 0. The van der Waals surface area contributed by atoms with Crippen LogP contribution in [0.5, 0.6) is 11.5 Å². The van der Waals surface area contributed by atoms with Crippen molar-refractivity contribution in [3.05, 3.63) is 75.5 Å². The van der Waals surface area contributed by atoms with E-state index in [1.807, 2.05) is 12.1 Å². The summed E-state index contributed by atoms with van der Waals surface area (Å²) in [6, 6.07) is 17.0. The van der Waals surface area contributed by atoms with Gasteiger partial charge in [0, 0.05) is 23.7 Å². The largest absolute Gasteiger partial charge is 0.493 e. The fourth-order valence-electron chi connectivity index (χ4n) is 3.87. The Hall–Kier alpha value is -2.21. The predicted octanol–water partition coefficient (Wildman–Crippen LogP) is 4.92. The lowest BCUT2D eigenvalue weighted by Crippen LogP contribution is -2.35. The van der Waals surface area contributed by atoms with Gasteiger partial charge in [-0.2, -0.15) is 0 Å². The highest BCUT2D eigenvalue weighted by Gasteiger charge is 2.31. The van der Waals surface area contributed by atoms with Crippen LogP contribution in [0.1, 0.15) is 27.6 Å². The van der Waals surface area contributed by atoms with Crippen LogP contribution in [0, 0.1) is 0 Å². The van der Waals surface area contributed by atoms with Gasteiger partial charge >= 0.3 is 0 Å². The number of hydrogen-bond acceptors (Lipinski definition) is 5. The van der Waals surface area contributed by atoms with Crippen molar-refractivity contribution in [2.75, 3.05) is 26.5 Å². The molecule has 0 fully saturated rings. The SMILES string of the molecule is COc1cc2c(cc1OC)C(c1cccs1)N(Cc1cccc(N)c1)CC2.Cl. The third-order valence-electron chi connectivity index (χ3n) is 5.12. The van der Waals surface area contributed by atoms with Gasteiger partial charge in [-0.15, -0.1) is 23.7 Å². The Kier molecular flexibility index (Phi) is 6.50. The molecule has 0 spiro atoms. The van der Waals surface area contributed by atoms with Crippen LogP contribution in [0.4, 0.5) is 5.69 Å². The van der Waals surface area contributed by atoms with Crippen LogP contribution >= 0.6 is 23.7 Å². The van der Waals surface area contributed by atoms with Crippen LogP contribution in [0.15, 0.2) is 53.9 Å². The molecule has 148 valence electrons. The summed E-state index contributed by atoms with van der Waals surface area (Å²) >= 11 is 1.80. The molecule has 4 rings (SSSR count). The zero-order valence-corrected chi connectivity index (χ0v) is 17.7. The zero-order chi connectivity index (χ0) is 18.8. The molecule has 6 heteroatoms. The highest BCUT2D eigenvalue weighted by molar-refractivity contribution is 7.10. The second-order valence-electron chi connectivity index (χ2n) is 6.79. The summed E-state index contributed by atoms with van der Waals surface area (Å²) in [5.41, 5.74) is 10.7. The number of rotatable bonds is 5. The first kappa shape index (κ1) is 20.5. The molecule has 3 aromatic rings. The number of nitrogen functional groups attached to an aromatic ring is 1. The van der Waals surface area contributed by atoms with E-state index in [9.17, 15) is 0 Å². The molecular formula is C22H25ClN2O2S. The highest BCUT2D eigenvalue weighted by Crippen LogP contribution is 2.42. The number of thiophene rings is 1. The second kappa shape index (κ2) is 8.86. The van der Waals surface area contributed by atoms with Crippen molar-refractivity contribution in [3.63, 3.8) is 0 Å². The maximum Gasteiger partial charge on any atom is 0.161 e. The third kappa shape index (κ3) is 3.97. The molecule has 4 nitrogen and oxygen atoms in total. The van der Waals surface area contributed by atoms with E-state index in [4.69, 9.17) is 15.2 Å². The molecule has 1 atom stereocenters. The fourth-order valence-corrected chi connectivity index (χ4v) is 4.75. The molecule has 2 N–H and O–H groups in total. The Bertz CT molecular complexity index is 930. The topological polar surface area (TPSA) is 47.7 Å². The van der Waals surface area contributed by atoms with Crippen molar-refractivity contribution in [1.29, 1.82) is 0 Å². The van der Waals surface area contributed by atoms with E-state index in [1.54, 1.807) is 25.6 Å². The van der Waals surface area contributed by atoms with Gasteiger partial charge < -0.3 is 15.2 Å². The average Bonchev–Trinajstić information content (AvgIpc) is 3.21. The lowest BCUT2D eigenvalue weighted by molar-refractivity contribution is 0.206. The standard InChI is InChI=1S/C22H24N2O2S.ClH/c1-25-19-12-16-8-9-24(14-15-5-3-6-17(23)11-15)22(21-7-4-10-27-21)18(16)13-20(19)26-2;/h3-7,10-13,22H,8-9,14,23H2,1-2H3;1H. The van der Waals surface area contributed by atoms with Crippen molar-refractivity contribution < 1.29 is 9.47 Å². The first-order chi connectivity index (χ1) is 13.2. The van der Waals surface area contributed by atoms with E-state index in [0.29, 0.717) is 0 Å². The molecule has 1 aromatic heterocycles. The van der Waals surface area contributed by atoms with Crippen LogP contribution in [0.2, 0.25) is 0 Å². The Labute approximate surface area is 176 Å². The molecule has 1 unspecified atom stereocenters. The third-order valence-corrected chi connectivity index (χ3v) is 6.05. The van der Waals surface area contributed by atoms with Gasteiger partial charge in [0.25, 0.3) is 0 Å². The zero-order valence-electron chi connectivity index (χ0n) is 16.1. The number of ether oxygens (including phenoxy) is 2. The number of methoxy groups -OCH3 is 2. The van der Waals surface area contributed by atoms with Crippen molar-refractivity contribution >= 4 is 29.4 Å². The van der Waals surface area contributed by atoms with Crippen LogP contribution in [0.25, 0.3) is 0 Å². The van der Waals surface area contributed by atoms with Gasteiger partial charge in [0.2, 0.25) is 0 Å². The fraction of sp³-hybridized carbons (Fsp3) is 0.273. The summed E-state index contributed by atoms with van der Waals surface area (Å²) in [7, 11) is 3.38. The molecule has 28 heavy (non-hydrogen) atoms. The Morgan fingerprint density at radius 2 is 1.86 bits per heavy atom. The molecule has 0 radical (unpaired) electrons. The van der Waals surface area contributed by atoms with E-state index in [0.717, 1.165) is 36.7 Å². The molecule has 0 saturated heterocycles. The normalized spacial score (nSPS) is 16.1. The van der Waals surface area contributed by atoms with Crippen molar-refractivity contribution in [2.24, 2.45) is 0 Å². The smallest absolute Gasteiger partial charge is 0.161 e. The summed E-state index contributed by atoms with van der Waals surface area (Å²) in [5, 5.41) is 2.14. The Morgan fingerprint density at radius 1 is 1.07 bits per heavy atom. The van der Waals surface area contributed by atoms with Crippen molar-refractivity contribution in [2.45, 2.75) is 19.0 Å². The van der Waals surface area contributed by atoms with Crippen molar-refractivity contribution in [3.8, 4) is 11.5 Å². The molecule has 1 aliphatic heterocycles. The second-order valence-corrected chi connectivity index (χ2v) is 7.77. The number of nitrogens with zero attached hydrogens (tertiary/aromatic N) is 1. The quantitative estimate of drug-likeness (QED) is 0.600. The highest BCUT2D eigenvalue weighted by atomic mass is 35.5. The molecule has 1 aliphatic rings. The molecule has 0 amide bonds. The van der Waals surface area contributed by atoms with Gasteiger partial charge in [-0.1, -0.05) is 18.2 Å². The number of fused-ring (bicyclic) bond motifs is 1. The van der Waals surface area contributed by atoms with E-state index in [-0.39, 0.29) is 18.4 Å². The maximum atomic E-state index is 5.99. The van der Waals surface area contributed by atoms with E-state index < -0.39 is 0 Å². The van der Waals surface area contributed by atoms with Crippen molar-refractivity contribution in [1.82, 2.24) is 4.90 Å². The van der Waals surface area contributed by atoms with Gasteiger partial charge in [-0.3, -0.25) is 4.90 Å². The first-order valence-corrected chi connectivity index (χ1v) is 9.94.